The van der Waals surface area contributed by atoms with E-state index in [-0.39, 0.29) is 23.4 Å². The number of hydrogen-bond donors (Lipinski definition) is 0. The number of alkyl halides is 3. The number of esters is 1. The second-order valence-corrected chi connectivity index (χ2v) is 9.42. The van der Waals surface area contributed by atoms with E-state index in [4.69, 9.17) is 11.2 Å². The molecule has 0 aliphatic carbocycles. The standard InChI is InChI=1S/C29H28F3N3O2/c1-3-21-6-10-24(11-7-21)25-16-23(17-27(36)37-2)19-35(20-25)18-22-8-12-26(13-9-22)28(29(30,31)32)14-4-5-15-33-34-28/h1,4-15,23,25H,16-20H2,2H3. The van der Waals surface area contributed by atoms with Crippen LogP contribution in [0.3, 0.4) is 0 Å². The minimum absolute atomic E-state index is 0.00106. The molecule has 0 radical (unpaired) electrons. The minimum Gasteiger partial charge on any atom is -0.469 e. The van der Waals surface area contributed by atoms with Crippen LogP contribution in [0, 0.1) is 18.3 Å². The average Bonchev–Trinajstić information content (AvgIpc) is 3.16. The maximum atomic E-state index is 14.1. The number of terminal acetylenes is 1. The molecule has 0 bridgehead atoms. The van der Waals surface area contributed by atoms with Crippen molar-refractivity contribution >= 4 is 5.97 Å². The molecule has 0 spiro atoms. The molecule has 0 saturated carbocycles. The zero-order valence-corrected chi connectivity index (χ0v) is 20.5. The summed E-state index contributed by atoms with van der Waals surface area (Å²) in [5, 5.41) is 7.18. The van der Waals surface area contributed by atoms with Gasteiger partial charge in [-0.15, -0.1) is 6.42 Å². The molecule has 2 heterocycles. The molecule has 2 aliphatic rings. The molecule has 0 N–H and O–H groups in total. The number of piperidine rings is 1. The van der Waals surface area contributed by atoms with E-state index in [0.717, 1.165) is 35.7 Å². The summed E-state index contributed by atoms with van der Waals surface area (Å²) in [6.07, 6.45) is 6.97. The zero-order valence-electron chi connectivity index (χ0n) is 20.5. The molecule has 4 rings (SSSR count). The molecule has 2 aromatic carbocycles. The fraction of sp³-hybridized carbons (Fsp3) is 0.345. The molecule has 8 heteroatoms. The number of halogens is 3. The predicted molar refractivity (Wildman–Crippen MR) is 134 cm³/mol. The number of benzene rings is 2. The predicted octanol–water partition coefficient (Wildman–Crippen LogP) is 6.13. The van der Waals surface area contributed by atoms with Crippen LogP contribution in [-0.2, 0) is 21.6 Å². The summed E-state index contributed by atoms with van der Waals surface area (Å²) in [4.78, 5) is 14.3. The van der Waals surface area contributed by atoms with Gasteiger partial charge in [0.15, 0.2) is 0 Å². The van der Waals surface area contributed by atoms with Crippen molar-refractivity contribution in [3.05, 3.63) is 95.2 Å². The van der Waals surface area contributed by atoms with Gasteiger partial charge < -0.3 is 4.74 Å². The van der Waals surface area contributed by atoms with Crippen LogP contribution in [0.4, 0.5) is 13.2 Å². The van der Waals surface area contributed by atoms with Crippen LogP contribution in [0.15, 0.2) is 83.2 Å². The van der Waals surface area contributed by atoms with Crippen molar-refractivity contribution in [2.45, 2.75) is 37.0 Å². The average molecular weight is 508 g/mol. The van der Waals surface area contributed by atoms with E-state index in [2.05, 4.69) is 21.0 Å². The van der Waals surface area contributed by atoms with E-state index in [1.54, 1.807) is 12.1 Å². The Kier molecular flexibility index (Phi) is 7.94. The minimum atomic E-state index is -4.64. The van der Waals surface area contributed by atoms with Gasteiger partial charge in [-0.25, -0.2) is 0 Å². The van der Waals surface area contributed by atoms with Crippen molar-refractivity contribution in [3.63, 3.8) is 0 Å². The number of rotatable bonds is 6. The maximum absolute atomic E-state index is 14.1. The van der Waals surface area contributed by atoms with Crippen LogP contribution in [0.1, 0.15) is 41.0 Å². The number of carbonyl (C=O) groups excluding carboxylic acids is 1. The van der Waals surface area contributed by atoms with Gasteiger partial charge in [-0.2, -0.15) is 23.4 Å². The molecule has 2 aromatic rings. The normalized spacial score (nSPS) is 23.9. The van der Waals surface area contributed by atoms with Gasteiger partial charge in [-0.05, 0) is 59.2 Å². The summed E-state index contributed by atoms with van der Waals surface area (Å²) in [6.45, 7) is 1.98. The molecule has 2 aliphatic heterocycles. The van der Waals surface area contributed by atoms with E-state index in [1.807, 2.05) is 24.3 Å². The number of nitrogens with zero attached hydrogens (tertiary/aromatic N) is 3. The van der Waals surface area contributed by atoms with Crippen LogP contribution in [-0.4, -0.2) is 37.2 Å². The van der Waals surface area contributed by atoms with E-state index < -0.39 is 11.7 Å². The highest BCUT2D eigenvalue weighted by Crippen LogP contribution is 2.44. The Labute approximate surface area is 214 Å². The second kappa shape index (κ2) is 11.1. The number of hydrogen-bond acceptors (Lipinski definition) is 5. The monoisotopic (exact) mass is 507 g/mol. The number of azo groups is 1. The van der Waals surface area contributed by atoms with Crippen molar-refractivity contribution in [2.24, 2.45) is 16.1 Å². The first kappa shape index (κ1) is 26.4. The SMILES string of the molecule is C#Cc1ccc(C2CC(CC(=O)OC)CN(Cc3ccc(C4(C(F)(F)F)C=CC=CN=N4)cc3)C2)cc1. The van der Waals surface area contributed by atoms with Gasteiger partial charge in [-0.1, -0.05) is 48.4 Å². The molecular formula is C29H28F3N3O2. The molecule has 37 heavy (non-hydrogen) atoms. The first-order chi connectivity index (χ1) is 17.7. The van der Waals surface area contributed by atoms with Crippen molar-refractivity contribution in [1.29, 1.82) is 0 Å². The Morgan fingerprint density at radius 1 is 1.14 bits per heavy atom. The summed E-state index contributed by atoms with van der Waals surface area (Å²) >= 11 is 0. The smallest absolute Gasteiger partial charge is 0.423 e. The third-order valence-electron chi connectivity index (χ3n) is 6.89. The van der Waals surface area contributed by atoms with Gasteiger partial charge in [0.05, 0.1) is 7.11 Å². The molecule has 1 fully saturated rings. The van der Waals surface area contributed by atoms with Crippen LogP contribution in [0.2, 0.25) is 0 Å². The fourth-order valence-corrected chi connectivity index (χ4v) is 5.02. The van der Waals surface area contributed by atoms with Gasteiger partial charge in [-0.3, -0.25) is 9.69 Å². The highest BCUT2D eigenvalue weighted by Gasteiger charge is 2.55. The molecule has 5 nitrogen and oxygen atoms in total. The van der Waals surface area contributed by atoms with Crippen LogP contribution >= 0.6 is 0 Å². The van der Waals surface area contributed by atoms with Crippen molar-refractivity contribution < 1.29 is 22.7 Å². The van der Waals surface area contributed by atoms with Crippen LogP contribution < -0.4 is 0 Å². The highest BCUT2D eigenvalue weighted by atomic mass is 19.4. The molecule has 3 atom stereocenters. The lowest BCUT2D eigenvalue weighted by Gasteiger charge is -2.38. The number of methoxy groups -OCH3 is 1. The summed E-state index contributed by atoms with van der Waals surface area (Å²) in [6, 6.07) is 14.2. The Balaban J connectivity index is 1.54. The lowest BCUT2D eigenvalue weighted by atomic mass is 9.82. The Morgan fingerprint density at radius 2 is 1.86 bits per heavy atom. The fourth-order valence-electron chi connectivity index (χ4n) is 5.02. The molecule has 1 saturated heterocycles. The van der Waals surface area contributed by atoms with E-state index in [1.165, 1.54) is 37.6 Å². The lowest BCUT2D eigenvalue weighted by Crippen LogP contribution is -2.40. The second-order valence-electron chi connectivity index (χ2n) is 9.42. The Morgan fingerprint density at radius 3 is 2.51 bits per heavy atom. The summed E-state index contributed by atoms with van der Waals surface area (Å²) in [5.74, 6) is 2.65. The van der Waals surface area contributed by atoms with Crippen molar-refractivity contribution in [1.82, 2.24) is 4.90 Å². The summed E-state index contributed by atoms with van der Waals surface area (Å²) < 4.78 is 47.1. The van der Waals surface area contributed by atoms with Crippen molar-refractivity contribution in [2.75, 3.05) is 20.2 Å². The maximum Gasteiger partial charge on any atom is 0.423 e. The van der Waals surface area contributed by atoms with Gasteiger partial charge in [0.2, 0.25) is 5.54 Å². The van der Waals surface area contributed by atoms with E-state index >= 15 is 0 Å². The number of carbonyl (C=O) groups is 1. The first-order valence-electron chi connectivity index (χ1n) is 12.0. The Bertz CT molecular complexity index is 1210. The molecule has 3 unspecified atom stereocenters. The zero-order chi connectivity index (χ0) is 26.5. The quantitative estimate of drug-likeness (QED) is 0.349. The molecule has 192 valence electrons. The van der Waals surface area contributed by atoms with Crippen molar-refractivity contribution in [3.8, 4) is 12.3 Å². The summed E-state index contributed by atoms with van der Waals surface area (Å²) in [5.41, 5.74) is 0.287. The lowest BCUT2D eigenvalue weighted by molar-refractivity contribution is -0.175. The molecule has 0 aromatic heterocycles. The molecule has 0 amide bonds. The van der Waals surface area contributed by atoms with Gasteiger partial charge in [0.25, 0.3) is 0 Å². The first-order valence-corrected chi connectivity index (χ1v) is 12.0. The third-order valence-corrected chi connectivity index (χ3v) is 6.89. The largest absolute Gasteiger partial charge is 0.469 e. The number of ether oxygens (including phenoxy) is 1. The third kappa shape index (κ3) is 6.00. The van der Waals surface area contributed by atoms with Gasteiger partial charge in [0.1, 0.15) is 0 Å². The van der Waals surface area contributed by atoms with E-state index in [0.29, 0.717) is 19.5 Å². The number of likely N-dealkylation sites (tertiary alicyclic amines) is 1. The highest BCUT2D eigenvalue weighted by molar-refractivity contribution is 5.69. The van der Waals surface area contributed by atoms with Crippen LogP contribution in [0.5, 0.6) is 0 Å². The van der Waals surface area contributed by atoms with Gasteiger partial charge >= 0.3 is 12.1 Å². The van der Waals surface area contributed by atoms with E-state index in [9.17, 15) is 18.0 Å². The molecular weight excluding hydrogens is 479 g/mol. The topological polar surface area (TPSA) is 54.3 Å². The number of allylic oxidation sites excluding steroid dienone is 2. The van der Waals surface area contributed by atoms with Crippen LogP contribution in [0.25, 0.3) is 0 Å². The Hall–Kier alpha value is -3.70. The summed E-state index contributed by atoms with van der Waals surface area (Å²) in [7, 11) is 1.38. The van der Waals surface area contributed by atoms with Gasteiger partial charge in [0, 0.05) is 37.8 Å².